The lowest BCUT2D eigenvalue weighted by atomic mass is 10.3. The second-order valence-electron chi connectivity index (χ2n) is 4.03. The molecule has 0 spiro atoms. The largest absolute Gasteiger partial charge is 0.395 e. The van der Waals surface area contributed by atoms with Crippen LogP contribution in [0.15, 0.2) is 27.6 Å². The molecule has 0 atom stereocenters. The van der Waals surface area contributed by atoms with Gasteiger partial charge in [0.1, 0.15) is 10.7 Å². The number of nitrogens with two attached hydrogens (primary N) is 1. The molecule has 0 aliphatic rings. The standard InChI is InChI=1S/C11H13FN4O3S/c1-7-15-10(16-19-7)5-6-14-20(17,18)9-4-2-3-8(12)11(9)13/h2-4,14H,5-6,13H2,1H3. The topological polar surface area (TPSA) is 111 Å². The van der Waals surface area contributed by atoms with Gasteiger partial charge in [0.15, 0.2) is 5.82 Å². The summed E-state index contributed by atoms with van der Waals surface area (Å²) in [5.74, 6) is 0.0105. The highest BCUT2D eigenvalue weighted by atomic mass is 32.2. The van der Waals surface area contributed by atoms with E-state index in [-0.39, 0.29) is 17.9 Å². The number of nitrogen functional groups attached to an aromatic ring is 1. The number of halogens is 1. The van der Waals surface area contributed by atoms with E-state index < -0.39 is 21.5 Å². The number of para-hydroxylation sites is 1. The van der Waals surface area contributed by atoms with Crippen molar-refractivity contribution in [1.29, 1.82) is 0 Å². The molecule has 0 aliphatic carbocycles. The van der Waals surface area contributed by atoms with Crippen molar-refractivity contribution in [3.63, 3.8) is 0 Å². The van der Waals surface area contributed by atoms with Crippen LogP contribution >= 0.6 is 0 Å². The predicted octanol–water partition coefficient (Wildman–Crippen LogP) is 0.620. The average Bonchev–Trinajstić information content (AvgIpc) is 2.78. The first-order valence-electron chi connectivity index (χ1n) is 5.73. The van der Waals surface area contributed by atoms with Crippen LogP contribution in [0.3, 0.4) is 0 Å². The van der Waals surface area contributed by atoms with E-state index in [4.69, 9.17) is 10.3 Å². The normalized spacial score (nSPS) is 11.7. The van der Waals surface area contributed by atoms with Crippen LogP contribution in [0.4, 0.5) is 10.1 Å². The maximum atomic E-state index is 13.2. The van der Waals surface area contributed by atoms with Gasteiger partial charge in [0.25, 0.3) is 0 Å². The first kappa shape index (κ1) is 14.4. The maximum absolute atomic E-state index is 13.2. The molecule has 1 heterocycles. The molecule has 2 aromatic rings. The zero-order chi connectivity index (χ0) is 14.8. The van der Waals surface area contributed by atoms with Gasteiger partial charge in [-0.2, -0.15) is 4.98 Å². The van der Waals surface area contributed by atoms with Crippen LogP contribution in [0, 0.1) is 12.7 Å². The zero-order valence-corrected chi connectivity index (χ0v) is 11.4. The van der Waals surface area contributed by atoms with E-state index >= 15 is 0 Å². The van der Waals surface area contributed by atoms with Crippen molar-refractivity contribution in [2.75, 3.05) is 12.3 Å². The second-order valence-corrected chi connectivity index (χ2v) is 5.76. The summed E-state index contributed by atoms with van der Waals surface area (Å²) in [6, 6.07) is 3.61. The van der Waals surface area contributed by atoms with E-state index in [0.29, 0.717) is 11.7 Å². The van der Waals surface area contributed by atoms with E-state index in [1.54, 1.807) is 6.92 Å². The lowest BCUT2D eigenvalue weighted by Gasteiger charge is -2.08. The summed E-state index contributed by atoms with van der Waals surface area (Å²) in [5.41, 5.74) is 5.01. The minimum Gasteiger partial charge on any atom is -0.395 e. The van der Waals surface area contributed by atoms with Crippen LogP contribution in [0.25, 0.3) is 0 Å². The Morgan fingerprint density at radius 2 is 2.20 bits per heavy atom. The van der Waals surface area contributed by atoms with Gasteiger partial charge >= 0.3 is 0 Å². The van der Waals surface area contributed by atoms with Crippen molar-refractivity contribution in [1.82, 2.24) is 14.9 Å². The Balaban J connectivity index is 2.06. The summed E-state index contributed by atoms with van der Waals surface area (Å²) in [7, 11) is -3.88. The number of rotatable bonds is 5. The molecule has 3 N–H and O–H groups in total. The molecule has 0 radical (unpaired) electrons. The van der Waals surface area contributed by atoms with Crippen LogP contribution in [0.2, 0.25) is 0 Å². The summed E-state index contributed by atoms with van der Waals surface area (Å²) in [6.07, 6.45) is 0.256. The van der Waals surface area contributed by atoms with Crippen molar-refractivity contribution in [2.45, 2.75) is 18.2 Å². The summed E-state index contributed by atoms with van der Waals surface area (Å²) in [5, 5.41) is 3.63. The van der Waals surface area contributed by atoms with Crippen molar-refractivity contribution in [3.05, 3.63) is 35.7 Å². The maximum Gasteiger partial charge on any atom is 0.242 e. The molecule has 0 aliphatic heterocycles. The molecule has 7 nitrogen and oxygen atoms in total. The van der Waals surface area contributed by atoms with Crippen LogP contribution in [0.1, 0.15) is 11.7 Å². The highest BCUT2D eigenvalue weighted by molar-refractivity contribution is 7.89. The monoisotopic (exact) mass is 300 g/mol. The fraction of sp³-hybridized carbons (Fsp3) is 0.273. The summed E-state index contributed by atoms with van der Waals surface area (Å²) >= 11 is 0. The van der Waals surface area contributed by atoms with Gasteiger partial charge < -0.3 is 10.3 Å². The lowest BCUT2D eigenvalue weighted by Crippen LogP contribution is -2.27. The Morgan fingerprint density at radius 1 is 1.45 bits per heavy atom. The molecule has 0 unspecified atom stereocenters. The molecule has 9 heteroatoms. The molecular weight excluding hydrogens is 287 g/mol. The molecule has 0 amide bonds. The number of hydrogen-bond donors (Lipinski definition) is 2. The van der Waals surface area contributed by atoms with Gasteiger partial charge in [0.05, 0.1) is 5.69 Å². The fourth-order valence-corrected chi connectivity index (χ4v) is 2.74. The van der Waals surface area contributed by atoms with Crippen LogP contribution < -0.4 is 10.5 Å². The van der Waals surface area contributed by atoms with Gasteiger partial charge in [-0.25, -0.2) is 17.5 Å². The highest BCUT2D eigenvalue weighted by Crippen LogP contribution is 2.20. The zero-order valence-electron chi connectivity index (χ0n) is 10.6. The smallest absolute Gasteiger partial charge is 0.242 e. The van der Waals surface area contributed by atoms with Crippen LogP contribution in [-0.2, 0) is 16.4 Å². The molecule has 0 fully saturated rings. The second kappa shape index (κ2) is 5.55. The minimum absolute atomic E-state index is 0.0528. The number of aryl methyl sites for hydroxylation is 1. The van der Waals surface area contributed by atoms with Crippen molar-refractivity contribution in [3.8, 4) is 0 Å². The van der Waals surface area contributed by atoms with E-state index in [0.717, 1.165) is 6.07 Å². The van der Waals surface area contributed by atoms with Gasteiger partial charge in [-0.15, -0.1) is 0 Å². The molecule has 0 saturated carbocycles. The Hall–Kier alpha value is -2.00. The number of hydrogen-bond acceptors (Lipinski definition) is 6. The first-order chi connectivity index (χ1) is 9.40. The quantitative estimate of drug-likeness (QED) is 0.783. The Morgan fingerprint density at radius 3 is 2.85 bits per heavy atom. The average molecular weight is 300 g/mol. The minimum atomic E-state index is -3.88. The molecule has 1 aromatic heterocycles. The Labute approximate surface area is 115 Å². The highest BCUT2D eigenvalue weighted by Gasteiger charge is 2.19. The number of aromatic nitrogens is 2. The van der Waals surface area contributed by atoms with Crippen LogP contribution in [0.5, 0.6) is 0 Å². The number of benzene rings is 1. The Kier molecular flexibility index (Phi) is 4.00. The van der Waals surface area contributed by atoms with E-state index in [1.807, 2.05) is 0 Å². The van der Waals surface area contributed by atoms with Gasteiger partial charge in [-0.05, 0) is 12.1 Å². The molecule has 1 aromatic carbocycles. The van der Waals surface area contributed by atoms with E-state index in [2.05, 4.69) is 14.9 Å². The van der Waals surface area contributed by atoms with Crippen molar-refractivity contribution >= 4 is 15.7 Å². The van der Waals surface area contributed by atoms with Gasteiger partial charge in [0.2, 0.25) is 15.9 Å². The van der Waals surface area contributed by atoms with Gasteiger partial charge in [0, 0.05) is 19.9 Å². The number of nitrogens with one attached hydrogen (secondary N) is 1. The number of sulfonamides is 1. The summed E-state index contributed by atoms with van der Waals surface area (Å²) < 4.78 is 44.3. The molecule has 108 valence electrons. The third-order valence-corrected chi connectivity index (χ3v) is 4.03. The van der Waals surface area contributed by atoms with Crippen molar-refractivity contribution < 1.29 is 17.3 Å². The predicted molar refractivity (Wildman–Crippen MR) is 68.7 cm³/mol. The number of nitrogens with zero attached hydrogens (tertiary/aromatic N) is 2. The lowest BCUT2D eigenvalue weighted by molar-refractivity contribution is 0.387. The molecule has 20 heavy (non-hydrogen) atoms. The van der Waals surface area contributed by atoms with Crippen molar-refractivity contribution in [2.24, 2.45) is 0 Å². The summed E-state index contributed by atoms with van der Waals surface area (Å²) in [4.78, 5) is 3.65. The Bertz CT molecular complexity index is 714. The van der Waals surface area contributed by atoms with E-state index in [9.17, 15) is 12.8 Å². The fourth-order valence-electron chi connectivity index (χ4n) is 1.57. The van der Waals surface area contributed by atoms with E-state index in [1.165, 1.54) is 12.1 Å². The van der Waals surface area contributed by atoms with Gasteiger partial charge in [-0.1, -0.05) is 11.2 Å². The molecule has 2 rings (SSSR count). The molecule has 0 saturated heterocycles. The summed E-state index contributed by atoms with van der Waals surface area (Å²) in [6.45, 7) is 1.69. The van der Waals surface area contributed by atoms with Gasteiger partial charge in [-0.3, -0.25) is 0 Å². The molecule has 0 bridgehead atoms. The third-order valence-electron chi connectivity index (χ3n) is 2.51. The molecular formula is C11H13FN4O3S. The SMILES string of the molecule is Cc1nc(CCNS(=O)(=O)c2cccc(F)c2N)no1. The number of anilines is 1. The third kappa shape index (κ3) is 3.11. The van der Waals surface area contributed by atoms with Crippen LogP contribution in [-0.4, -0.2) is 25.1 Å². The first-order valence-corrected chi connectivity index (χ1v) is 7.21.